The van der Waals surface area contributed by atoms with Crippen LogP contribution in [0.5, 0.6) is 0 Å². The molecule has 0 amide bonds. The van der Waals surface area contributed by atoms with Gasteiger partial charge in [-0.15, -0.1) is 0 Å². The number of azide groups is 1. The lowest BCUT2D eigenvalue weighted by atomic mass is 10.2. The van der Waals surface area contributed by atoms with E-state index in [0.717, 1.165) is 0 Å². The molecule has 1 aliphatic heterocycles. The lowest BCUT2D eigenvalue weighted by Gasteiger charge is -2.08. The van der Waals surface area contributed by atoms with Crippen molar-refractivity contribution < 1.29 is 9.84 Å². The number of aliphatic hydroxyl groups is 1. The van der Waals surface area contributed by atoms with Gasteiger partial charge in [-0.2, -0.15) is 0 Å². The summed E-state index contributed by atoms with van der Waals surface area (Å²) in [5, 5.41) is 12.7. The summed E-state index contributed by atoms with van der Waals surface area (Å²) >= 11 is 0. The van der Waals surface area contributed by atoms with Crippen LogP contribution >= 0.6 is 0 Å². The van der Waals surface area contributed by atoms with Gasteiger partial charge in [0.2, 0.25) is 0 Å². The minimum atomic E-state index is -0.569. The number of nitrogens with zero attached hydrogens (tertiary/aromatic N) is 3. The SMILES string of the molecule is [N-]=[N+]=NC1CC2OC2C1O. The Kier molecular flexibility index (Phi) is 1.11. The third-order valence-corrected chi connectivity index (χ3v) is 2.03. The van der Waals surface area contributed by atoms with Crippen molar-refractivity contribution in [3.63, 3.8) is 0 Å². The van der Waals surface area contributed by atoms with Crippen molar-refractivity contribution in [3.05, 3.63) is 10.4 Å². The van der Waals surface area contributed by atoms with E-state index in [1.165, 1.54) is 0 Å². The number of epoxide rings is 1. The molecule has 1 saturated heterocycles. The van der Waals surface area contributed by atoms with E-state index >= 15 is 0 Å². The molecule has 0 aromatic carbocycles. The Bertz CT molecular complexity index is 201. The molecule has 54 valence electrons. The summed E-state index contributed by atoms with van der Waals surface area (Å²) in [5.74, 6) is 0. The Hall–Kier alpha value is -0.770. The highest BCUT2D eigenvalue weighted by Gasteiger charge is 2.54. The molecule has 10 heavy (non-hydrogen) atoms. The van der Waals surface area contributed by atoms with Gasteiger partial charge in [0.05, 0.1) is 18.2 Å². The number of fused-ring (bicyclic) bond motifs is 1. The van der Waals surface area contributed by atoms with Crippen LogP contribution in [0.15, 0.2) is 5.11 Å². The van der Waals surface area contributed by atoms with Crippen LogP contribution in [0.3, 0.4) is 0 Å². The van der Waals surface area contributed by atoms with Crippen molar-refractivity contribution in [2.45, 2.75) is 30.8 Å². The maximum atomic E-state index is 9.24. The Morgan fingerprint density at radius 3 is 3.00 bits per heavy atom. The van der Waals surface area contributed by atoms with Gasteiger partial charge < -0.3 is 9.84 Å². The van der Waals surface area contributed by atoms with Crippen LogP contribution in [0.4, 0.5) is 0 Å². The summed E-state index contributed by atoms with van der Waals surface area (Å²) in [6, 6.07) is -0.256. The molecule has 1 saturated carbocycles. The predicted octanol–water partition coefficient (Wildman–Crippen LogP) is 0.197. The van der Waals surface area contributed by atoms with Crippen LogP contribution in [-0.2, 0) is 4.74 Å². The van der Waals surface area contributed by atoms with Crippen molar-refractivity contribution in [2.75, 3.05) is 0 Å². The van der Waals surface area contributed by atoms with Crippen LogP contribution in [0.25, 0.3) is 10.4 Å². The zero-order valence-corrected chi connectivity index (χ0v) is 5.21. The Morgan fingerprint density at radius 1 is 1.70 bits per heavy atom. The van der Waals surface area contributed by atoms with Crippen molar-refractivity contribution in [2.24, 2.45) is 5.11 Å². The largest absolute Gasteiger partial charge is 0.390 e. The second-order valence-electron chi connectivity index (χ2n) is 2.64. The number of rotatable bonds is 1. The molecule has 0 aromatic heterocycles. The zero-order valence-electron chi connectivity index (χ0n) is 5.21. The smallest absolute Gasteiger partial charge is 0.110 e. The highest BCUT2D eigenvalue weighted by Crippen LogP contribution is 2.40. The van der Waals surface area contributed by atoms with Gasteiger partial charge in [-0.3, -0.25) is 0 Å². The summed E-state index contributed by atoms with van der Waals surface area (Å²) in [6.07, 6.45) is 0.220. The van der Waals surface area contributed by atoms with E-state index in [2.05, 4.69) is 10.0 Å². The summed E-state index contributed by atoms with van der Waals surface area (Å²) in [4.78, 5) is 2.63. The molecule has 0 radical (unpaired) electrons. The molecule has 0 spiro atoms. The average molecular weight is 141 g/mol. The first-order valence-electron chi connectivity index (χ1n) is 3.20. The summed E-state index contributed by atoms with van der Waals surface area (Å²) in [5.41, 5.74) is 8.05. The fourth-order valence-corrected chi connectivity index (χ4v) is 1.42. The van der Waals surface area contributed by atoms with Crippen LogP contribution in [-0.4, -0.2) is 29.5 Å². The molecule has 5 nitrogen and oxygen atoms in total. The molecule has 4 atom stereocenters. The molecule has 2 aliphatic rings. The standard InChI is InChI=1S/C5H7N3O2/c6-8-7-2-1-3-5(10-3)4(2)9/h2-5,9H,1H2. The van der Waals surface area contributed by atoms with E-state index in [-0.39, 0.29) is 18.2 Å². The van der Waals surface area contributed by atoms with E-state index in [0.29, 0.717) is 6.42 Å². The molecule has 1 heterocycles. The van der Waals surface area contributed by atoms with Gasteiger partial charge in [-0.05, 0) is 12.0 Å². The van der Waals surface area contributed by atoms with Crippen molar-refractivity contribution in [3.8, 4) is 0 Å². The summed E-state index contributed by atoms with van der Waals surface area (Å²) < 4.78 is 5.01. The molecule has 5 heteroatoms. The van der Waals surface area contributed by atoms with E-state index in [4.69, 9.17) is 10.3 Å². The highest BCUT2D eigenvalue weighted by atomic mass is 16.6. The second-order valence-corrected chi connectivity index (χ2v) is 2.64. The second kappa shape index (κ2) is 1.85. The van der Waals surface area contributed by atoms with Crippen LogP contribution in [0, 0.1) is 0 Å². The molecule has 1 aliphatic carbocycles. The maximum Gasteiger partial charge on any atom is 0.110 e. The van der Waals surface area contributed by atoms with Gasteiger partial charge >= 0.3 is 0 Å². The van der Waals surface area contributed by atoms with Crippen molar-refractivity contribution in [1.82, 2.24) is 0 Å². The minimum Gasteiger partial charge on any atom is -0.390 e. The molecule has 4 unspecified atom stereocenters. The van der Waals surface area contributed by atoms with E-state index in [1.807, 2.05) is 0 Å². The van der Waals surface area contributed by atoms with Crippen LogP contribution in [0.2, 0.25) is 0 Å². The fourth-order valence-electron chi connectivity index (χ4n) is 1.42. The minimum absolute atomic E-state index is 0.0458. The first-order chi connectivity index (χ1) is 4.83. The zero-order chi connectivity index (χ0) is 7.14. The third-order valence-electron chi connectivity index (χ3n) is 2.03. The number of hydrogen-bond donors (Lipinski definition) is 1. The summed E-state index contributed by atoms with van der Waals surface area (Å²) in [6.45, 7) is 0. The predicted molar refractivity (Wildman–Crippen MR) is 32.2 cm³/mol. The van der Waals surface area contributed by atoms with Gasteiger partial charge in [0.15, 0.2) is 0 Å². The van der Waals surface area contributed by atoms with E-state index < -0.39 is 6.10 Å². The van der Waals surface area contributed by atoms with Crippen LogP contribution < -0.4 is 0 Å². The van der Waals surface area contributed by atoms with Gasteiger partial charge in [-0.25, -0.2) is 0 Å². The lowest BCUT2D eigenvalue weighted by molar-refractivity contribution is 0.102. The third kappa shape index (κ3) is 0.686. The lowest BCUT2D eigenvalue weighted by Crippen LogP contribution is -2.23. The molecular formula is C5H7N3O2. The first kappa shape index (κ1) is 5.97. The normalized spacial score (nSPS) is 49.7. The molecular weight excluding hydrogens is 134 g/mol. The maximum absolute atomic E-state index is 9.24. The number of ether oxygens (including phenoxy) is 1. The van der Waals surface area contributed by atoms with Crippen molar-refractivity contribution >= 4 is 0 Å². The highest BCUT2D eigenvalue weighted by molar-refractivity contribution is 5.06. The summed E-state index contributed by atoms with van der Waals surface area (Å²) in [7, 11) is 0. The molecule has 2 rings (SSSR count). The van der Waals surface area contributed by atoms with Gasteiger partial charge in [0, 0.05) is 4.91 Å². The topological polar surface area (TPSA) is 81.5 Å². The molecule has 1 N–H and O–H groups in total. The number of aliphatic hydroxyl groups excluding tert-OH is 1. The Balaban J connectivity index is 2.07. The Labute approximate surface area is 57.2 Å². The van der Waals surface area contributed by atoms with Crippen LogP contribution in [0.1, 0.15) is 6.42 Å². The van der Waals surface area contributed by atoms with Gasteiger partial charge in [0.25, 0.3) is 0 Å². The monoisotopic (exact) mass is 141 g/mol. The van der Waals surface area contributed by atoms with E-state index in [9.17, 15) is 5.11 Å². The molecule has 0 bridgehead atoms. The average Bonchev–Trinajstić information content (AvgIpc) is 2.60. The molecule has 2 fully saturated rings. The molecule has 0 aromatic rings. The quantitative estimate of drug-likeness (QED) is 0.245. The fraction of sp³-hybridized carbons (Fsp3) is 1.00. The first-order valence-corrected chi connectivity index (χ1v) is 3.20. The number of hydrogen-bond acceptors (Lipinski definition) is 3. The Morgan fingerprint density at radius 2 is 2.50 bits per heavy atom. The van der Waals surface area contributed by atoms with Gasteiger partial charge in [0.1, 0.15) is 6.10 Å². The van der Waals surface area contributed by atoms with E-state index in [1.54, 1.807) is 0 Å². The van der Waals surface area contributed by atoms with Gasteiger partial charge in [-0.1, -0.05) is 5.11 Å². The van der Waals surface area contributed by atoms with Crippen molar-refractivity contribution in [1.29, 1.82) is 0 Å².